The maximum atomic E-state index is 11.5. The molecule has 0 radical (unpaired) electrons. The minimum atomic E-state index is 0.397. The number of allylic oxidation sites excluding steroid dienone is 4. The molecule has 2 atom stereocenters. The molecule has 0 aromatic heterocycles. The average molecular weight is 204 g/mol. The predicted octanol–water partition coefficient (Wildman–Crippen LogP) is 3.66. The lowest BCUT2D eigenvalue weighted by Crippen LogP contribution is -2.14. The van der Waals surface area contributed by atoms with Crippen molar-refractivity contribution in [2.24, 2.45) is 11.8 Å². The Hall–Kier alpha value is -0.850. The van der Waals surface area contributed by atoms with Gasteiger partial charge in [0.1, 0.15) is 0 Å². The maximum Gasteiger partial charge on any atom is 0.158 e. The first kappa shape index (κ1) is 10.7. The van der Waals surface area contributed by atoms with E-state index in [1.54, 1.807) is 0 Å². The van der Waals surface area contributed by atoms with Gasteiger partial charge in [0.25, 0.3) is 0 Å². The molecule has 2 rings (SSSR count). The van der Waals surface area contributed by atoms with Crippen molar-refractivity contribution in [1.82, 2.24) is 0 Å². The highest BCUT2D eigenvalue weighted by Gasteiger charge is 2.23. The summed E-state index contributed by atoms with van der Waals surface area (Å²) < 4.78 is 0. The van der Waals surface area contributed by atoms with Crippen LogP contribution in [-0.2, 0) is 4.79 Å². The van der Waals surface area contributed by atoms with Crippen molar-refractivity contribution in [3.63, 3.8) is 0 Å². The van der Waals surface area contributed by atoms with Gasteiger partial charge in [0.05, 0.1) is 0 Å². The molecule has 0 heterocycles. The summed E-state index contributed by atoms with van der Waals surface area (Å²) in [6.07, 6.45) is 9.80. The quantitative estimate of drug-likeness (QED) is 0.470. The van der Waals surface area contributed by atoms with Gasteiger partial charge in [-0.3, -0.25) is 4.79 Å². The molecule has 1 nitrogen and oxygen atoms in total. The van der Waals surface area contributed by atoms with Crippen LogP contribution in [-0.4, -0.2) is 5.78 Å². The zero-order valence-corrected chi connectivity index (χ0v) is 9.75. The zero-order chi connectivity index (χ0) is 10.8. The molecule has 0 saturated heterocycles. The third kappa shape index (κ3) is 2.39. The number of ketones is 1. The molecule has 0 aliphatic heterocycles. The summed E-state index contributed by atoms with van der Waals surface area (Å²) >= 11 is 0. The van der Waals surface area contributed by atoms with Crippen molar-refractivity contribution >= 4 is 5.78 Å². The first-order valence-corrected chi connectivity index (χ1v) is 6.06. The van der Waals surface area contributed by atoms with E-state index in [9.17, 15) is 4.79 Å². The lowest BCUT2D eigenvalue weighted by molar-refractivity contribution is -0.114. The number of rotatable bonds is 1. The fraction of sp³-hybridized carbons (Fsp3) is 0.643. The van der Waals surface area contributed by atoms with Crippen LogP contribution < -0.4 is 0 Å². The first-order valence-electron chi connectivity index (χ1n) is 6.06. The predicted molar refractivity (Wildman–Crippen MR) is 62.6 cm³/mol. The minimum Gasteiger partial charge on any atom is -0.295 e. The van der Waals surface area contributed by atoms with E-state index < -0.39 is 0 Å². The van der Waals surface area contributed by atoms with Gasteiger partial charge >= 0.3 is 0 Å². The summed E-state index contributed by atoms with van der Waals surface area (Å²) in [5, 5.41) is 0. The van der Waals surface area contributed by atoms with Crippen LogP contribution in [0.15, 0.2) is 23.3 Å². The van der Waals surface area contributed by atoms with Gasteiger partial charge in [-0.15, -0.1) is 0 Å². The molecule has 82 valence electrons. The number of carbonyl (C=O) groups is 1. The molecule has 2 aliphatic rings. The molecular weight excluding hydrogens is 184 g/mol. The van der Waals surface area contributed by atoms with E-state index in [-0.39, 0.29) is 0 Å². The van der Waals surface area contributed by atoms with E-state index in [2.05, 4.69) is 26.0 Å². The Balaban J connectivity index is 2.09. The fourth-order valence-electron chi connectivity index (χ4n) is 2.72. The summed E-state index contributed by atoms with van der Waals surface area (Å²) in [6, 6.07) is 0. The maximum absolute atomic E-state index is 11.5. The third-order valence-corrected chi connectivity index (χ3v) is 3.74. The first-order chi connectivity index (χ1) is 7.16. The van der Waals surface area contributed by atoms with Gasteiger partial charge in [-0.1, -0.05) is 24.6 Å². The van der Waals surface area contributed by atoms with Gasteiger partial charge in [-0.05, 0) is 50.0 Å². The average Bonchev–Trinajstić information content (AvgIpc) is 2.57. The van der Waals surface area contributed by atoms with Crippen LogP contribution in [0.1, 0.15) is 46.0 Å². The van der Waals surface area contributed by atoms with E-state index in [0.29, 0.717) is 17.6 Å². The smallest absolute Gasteiger partial charge is 0.158 e. The zero-order valence-electron chi connectivity index (χ0n) is 9.75. The second-order valence-corrected chi connectivity index (χ2v) is 5.10. The molecule has 1 saturated carbocycles. The molecule has 0 amide bonds. The van der Waals surface area contributed by atoms with E-state index in [4.69, 9.17) is 0 Å². The molecule has 15 heavy (non-hydrogen) atoms. The highest BCUT2D eigenvalue weighted by Crippen LogP contribution is 2.32. The van der Waals surface area contributed by atoms with Crippen molar-refractivity contribution in [2.45, 2.75) is 46.0 Å². The van der Waals surface area contributed by atoms with Crippen LogP contribution in [0.2, 0.25) is 0 Å². The molecule has 2 unspecified atom stereocenters. The SMILES string of the molecule is CC1=CCC(C=C2CCCC2=O)C(C)C1. The van der Waals surface area contributed by atoms with Gasteiger partial charge in [0.2, 0.25) is 0 Å². The molecule has 1 fully saturated rings. The van der Waals surface area contributed by atoms with Gasteiger partial charge in [0, 0.05) is 6.42 Å². The van der Waals surface area contributed by atoms with E-state index in [0.717, 1.165) is 31.3 Å². The number of Topliss-reactive ketones (excluding diaryl/α,β-unsaturated/α-hetero) is 1. The fourth-order valence-corrected chi connectivity index (χ4v) is 2.72. The van der Waals surface area contributed by atoms with Crippen LogP contribution in [0.4, 0.5) is 0 Å². The molecule has 0 aromatic rings. The molecule has 2 aliphatic carbocycles. The van der Waals surface area contributed by atoms with Gasteiger partial charge < -0.3 is 0 Å². The summed E-state index contributed by atoms with van der Waals surface area (Å²) in [7, 11) is 0. The summed E-state index contributed by atoms with van der Waals surface area (Å²) in [5.41, 5.74) is 2.62. The van der Waals surface area contributed by atoms with Crippen LogP contribution >= 0.6 is 0 Å². The van der Waals surface area contributed by atoms with Gasteiger partial charge in [0.15, 0.2) is 5.78 Å². The lowest BCUT2D eigenvalue weighted by Gasteiger charge is -2.25. The standard InChI is InChI=1S/C14H20O/c1-10-6-7-12(11(2)8-10)9-13-4-3-5-14(13)15/h6,9,11-12H,3-5,7-8H2,1-2H3. The van der Waals surface area contributed by atoms with Crippen LogP contribution in [0.5, 0.6) is 0 Å². The number of hydrogen-bond donors (Lipinski definition) is 0. The van der Waals surface area contributed by atoms with Crippen LogP contribution in [0.3, 0.4) is 0 Å². The van der Waals surface area contributed by atoms with Crippen molar-refractivity contribution in [2.75, 3.05) is 0 Å². The van der Waals surface area contributed by atoms with E-state index in [1.165, 1.54) is 12.0 Å². The monoisotopic (exact) mass is 204 g/mol. The molecule has 1 heteroatoms. The second-order valence-electron chi connectivity index (χ2n) is 5.10. The second kappa shape index (κ2) is 4.34. The molecule has 0 spiro atoms. The Bertz CT molecular complexity index is 322. The Morgan fingerprint density at radius 2 is 2.20 bits per heavy atom. The highest BCUT2D eigenvalue weighted by atomic mass is 16.1. The molecular formula is C14H20O. The molecule has 0 bridgehead atoms. The van der Waals surface area contributed by atoms with Gasteiger partial charge in [-0.25, -0.2) is 0 Å². The Kier molecular flexibility index (Phi) is 3.08. The largest absolute Gasteiger partial charge is 0.295 e. The number of carbonyl (C=O) groups excluding carboxylic acids is 1. The van der Waals surface area contributed by atoms with Crippen LogP contribution in [0, 0.1) is 11.8 Å². The third-order valence-electron chi connectivity index (χ3n) is 3.74. The highest BCUT2D eigenvalue weighted by molar-refractivity contribution is 5.97. The normalized spacial score (nSPS) is 34.7. The lowest BCUT2D eigenvalue weighted by atomic mass is 9.80. The summed E-state index contributed by atoms with van der Waals surface area (Å²) in [4.78, 5) is 11.5. The van der Waals surface area contributed by atoms with E-state index in [1.807, 2.05) is 0 Å². The Morgan fingerprint density at radius 1 is 1.40 bits per heavy atom. The Morgan fingerprint density at radius 3 is 2.80 bits per heavy atom. The molecule has 0 aromatic carbocycles. The van der Waals surface area contributed by atoms with Crippen molar-refractivity contribution in [1.29, 1.82) is 0 Å². The van der Waals surface area contributed by atoms with Crippen molar-refractivity contribution in [3.8, 4) is 0 Å². The van der Waals surface area contributed by atoms with E-state index >= 15 is 0 Å². The van der Waals surface area contributed by atoms with Crippen LogP contribution in [0.25, 0.3) is 0 Å². The van der Waals surface area contributed by atoms with Gasteiger partial charge in [-0.2, -0.15) is 0 Å². The Labute approximate surface area is 92.3 Å². The van der Waals surface area contributed by atoms with Crippen molar-refractivity contribution < 1.29 is 4.79 Å². The van der Waals surface area contributed by atoms with Crippen molar-refractivity contribution in [3.05, 3.63) is 23.3 Å². The molecule has 0 N–H and O–H groups in total. The topological polar surface area (TPSA) is 17.1 Å². The summed E-state index contributed by atoms with van der Waals surface area (Å²) in [5.74, 6) is 1.70. The summed E-state index contributed by atoms with van der Waals surface area (Å²) in [6.45, 7) is 4.51. The minimum absolute atomic E-state index is 0.397. The number of hydrogen-bond acceptors (Lipinski definition) is 1.